The molecule has 0 saturated carbocycles. The summed E-state index contributed by atoms with van der Waals surface area (Å²) in [5.74, 6) is 0.807. The molecule has 0 fully saturated rings. The van der Waals surface area contributed by atoms with Crippen LogP contribution < -0.4 is 5.32 Å². The molecule has 0 aromatic carbocycles. The molecule has 0 aliphatic heterocycles. The van der Waals surface area contributed by atoms with Crippen LogP contribution in [0.15, 0.2) is 15.9 Å². The first-order valence-corrected chi connectivity index (χ1v) is 6.56. The van der Waals surface area contributed by atoms with Crippen LogP contribution in [0.2, 0.25) is 0 Å². The van der Waals surface area contributed by atoms with E-state index >= 15 is 0 Å². The Morgan fingerprint density at radius 1 is 1.57 bits per heavy atom. The minimum absolute atomic E-state index is 0.807. The molecule has 0 aliphatic rings. The molecular weight excluding hydrogens is 282 g/mol. The lowest BCUT2D eigenvalue weighted by Crippen LogP contribution is -1.94. The van der Waals surface area contributed by atoms with Crippen molar-refractivity contribution >= 4 is 43.9 Å². The van der Waals surface area contributed by atoms with Crippen molar-refractivity contribution in [1.29, 1.82) is 0 Å². The third-order valence-electron chi connectivity index (χ3n) is 1.54. The topological polar surface area (TPSA) is 37.8 Å². The lowest BCUT2D eigenvalue weighted by atomic mass is 10.4. The maximum Gasteiger partial charge on any atom is 0.202 e. The Morgan fingerprint density at radius 2 is 2.43 bits per heavy atom. The number of nitrogens with one attached hydrogen (secondary N) is 1. The normalized spacial score (nSPS) is 10.4. The zero-order valence-corrected chi connectivity index (χ0v) is 10.7. The van der Waals surface area contributed by atoms with Gasteiger partial charge in [-0.2, -0.15) is 9.36 Å². The smallest absolute Gasteiger partial charge is 0.202 e. The van der Waals surface area contributed by atoms with Gasteiger partial charge >= 0.3 is 0 Å². The van der Waals surface area contributed by atoms with E-state index in [0.717, 1.165) is 26.9 Å². The number of anilines is 1. The van der Waals surface area contributed by atoms with Crippen molar-refractivity contribution in [2.75, 3.05) is 11.9 Å². The minimum atomic E-state index is 0.807. The van der Waals surface area contributed by atoms with Crippen LogP contribution >= 0.6 is 38.8 Å². The molecule has 6 heteroatoms. The van der Waals surface area contributed by atoms with Crippen LogP contribution in [0.5, 0.6) is 0 Å². The lowest BCUT2D eigenvalue weighted by Gasteiger charge is -1.91. The van der Waals surface area contributed by atoms with Crippen molar-refractivity contribution in [3.05, 3.63) is 15.9 Å². The summed E-state index contributed by atoms with van der Waals surface area (Å²) in [5, 5.41) is 6.05. The van der Waals surface area contributed by atoms with Crippen molar-refractivity contribution in [3.8, 4) is 10.7 Å². The molecule has 2 aromatic heterocycles. The summed E-state index contributed by atoms with van der Waals surface area (Å²) >= 11 is 6.45. The fourth-order valence-corrected chi connectivity index (χ4v) is 3.04. The summed E-state index contributed by atoms with van der Waals surface area (Å²) in [7, 11) is 0. The largest absolute Gasteiger partial charge is 0.361 e. The maximum absolute atomic E-state index is 4.37. The van der Waals surface area contributed by atoms with Gasteiger partial charge < -0.3 is 5.32 Å². The van der Waals surface area contributed by atoms with Crippen molar-refractivity contribution < 1.29 is 0 Å². The molecule has 0 radical (unpaired) electrons. The molecular formula is C8H8BrN3S2. The molecule has 3 nitrogen and oxygen atoms in total. The van der Waals surface area contributed by atoms with Gasteiger partial charge in [-0.3, -0.25) is 0 Å². The van der Waals surface area contributed by atoms with Gasteiger partial charge in [0.05, 0.1) is 4.88 Å². The number of halogens is 1. The summed E-state index contributed by atoms with van der Waals surface area (Å²) in [4.78, 5) is 5.46. The Labute approximate surface area is 98.5 Å². The first-order valence-electron chi connectivity index (χ1n) is 4.11. The molecule has 0 atom stereocenters. The van der Waals surface area contributed by atoms with Crippen molar-refractivity contribution in [2.45, 2.75) is 6.92 Å². The molecule has 74 valence electrons. The number of nitrogens with zero attached hydrogens (tertiary/aromatic N) is 2. The Hall–Kier alpha value is -0.460. The highest BCUT2D eigenvalue weighted by Crippen LogP contribution is 2.29. The van der Waals surface area contributed by atoms with Gasteiger partial charge in [-0.05, 0) is 28.9 Å². The zero-order chi connectivity index (χ0) is 9.97. The fraction of sp³-hybridized carbons (Fsp3) is 0.250. The van der Waals surface area contributed by atoms with Gasteiger partial charge in [0, 0.05) is 27.9 Å². The van der Waals surface area contributed by atoms with Crippen LogP contribution in [0.3, 0.4) is 0 Å². The molecule has 0 spiro atoms. The standard InChI is InChI=1S/C8H8BrN3S2/c1-2-10-8-11-7(12-14-8)6-3-5(9)4-13-6/h3-4H,2H2,1H3,(H,10,11,12). The molecule has 14 heavy (non-hydrogen) atoms. The van der Waals surface area contributed by atoms with Gasteiger partial charge in [0.25, 0.3) is 0 Å². The van der Waals surface area contributed by atoms with Crippen molar-refractivity contribution in [1.82, 2.24) is 9.36 Å². The number of aromatic nitrogens is 2. The van der Waals surface area contributed by atoms with Crippen molar-refractivity contribution in [2.24, 2.45) is 0 Å². The number of rotatable bonds is 3. The molecule has 2 aromatic rings. The Kier molecular flexibility index (Phi) is 3.15. The van der Waals surface area contributed by atoms with Crippen LogP contribution in [0.25, 0.3) is 10.7 Å². The minimum Gasteiger partial charge on any atom is -0.361 e. The van der Waals surface area contributed by atoms with Crippen molar-refractivity contribution in [3.63, 3.8) is 0 Å². The number of hydrogen-bond acceptors (Lipinski definition) is 5. The fourth-order valence-electron chi connectivity index (χ4n) is 0.977. The van der Waals surface area contributed by atoms with Gasteiger partial charge in [-0.1, -0.05) is 0 Å². The van der Waals surface area contributed by atoms with E-state index in [-0.39, 0.29) is 0 Å². The number of thiophene rings is 1. The van der Waals surface area contributed by atoms with Gasteiger partial charge in [-0.15, -0.1) is 11.3 Å². The van der Waals surface area contributed by atoms with Crippen LogP contribution in [-0.2, 0) is 0 Å². The van der Waals surface area contributed by atoms with Gasteiger partial charge in [-0.25, -0.2) is 0 Å². The number of hydrogen-bond donors (Lipinski definition) is 1. The highest BCUT2D eigenvalue weighted by molar-refractivity contribution is 9.10. The van der Waals surface area contributed by atoms with E-state index in [1.54, 1.807) is 11.3 Å². The third kappa shape index (κ3) is 2.13. The van der Waals surface area contributed by atoms with E-state index in [4.69, 9.17) is 0 Å². The van der Waals surface area contributed by atoms with Crippen LogP contribution in [0, 0.1) is 0 Å². The summed E-state index contributed by atoms with van der Waals surface area (Å²) in [5.41, 5.74) is 0. The Bertz CT molecular complexity index is 424. The lowest BCUT2D eigenvalue weighted by molar-refractivity contribution is 1.19. The van der Waals surface area contributed by atoms with Gasteiger partial charge in [0.1, 0.15) is 0 Å². The molecule has 0 bridgehead atoms. The second kappa shape index (κ2) is 4.37. The second-order valence-electron chi connectivity index (χ2n) is 2.58. The van der Waals surface area contributed by atoms with E-state index in [2.05, 4.69) is 30.6 Å². The molecule has 0 aliphatic carbocycles. The first kappa shape index (κ1) is 10.1. The monoisotopic (exact) mass is 289 g/mol. The van der Waals surface area contributed by atoms with Crippen LogP contribution in [0.4, 0.5) is 5.13 Å². The third-order valence-corrected chi connectivity index (χ3v) is 3.90. The van der Waals surface area contributed by atoms with Crippen LogP contribution in [0.1, 0.15) is 6.92 Å². The zero-order valence-electron chi connectivity index (χ0n) is 7.45. The highest BCUT2D eigenvalue weighted by Gasteiger charge is 2.07. The van der Waals surface area contributed by atoms with Crippen LogP contribution in [-0.4, -0.2) is 15.9 Å². The highest BCUT2D eigenvalue weighted by atomic mass is 79.9. The second-order valence-corrected chi connectivity index (χ2v) is 5.16. The molecule has 0 saturated heterocycles. The summed E-state index contributed by atoms with van der Waals surface area (Å²) < 4.78 is 5.36. The summed E-state index contributed by atoms with van der Waals surface area (Å²) in [6.45, 7) is 2.92. The van der Waals surface area contributed by atoms with E-state index < -0.39 is 0 Å². The van der Waals surface area contributed by atoms with E-state index in [1.807, 2.05) is 18.4 Å². The van der Waals surface area contributed by atoms with Gasteiger partial charge in [0.15, 0.2) is 5.82 Å². The van der Waals surface area contributed by atoms with E-state index in [9.17, 15) is 0 Å². The quantitative estimate of drug-likeness (QED) is 0.940. The molecule has 1 N–H and O–H groups in total. The average molecular weight is 290 g/mol. The predicted molar refractivity (Wildman–Crippen MR) is 65.1 cm³/mol. The molecule has 0 unspecified atom stereocenters. The Morgan fingerprint density at radius 3 is 3.07 bits per heavy atom. The molecule has 2 rings (SSSR count). The average Bonchev–Trinajstić information content (AvgIpc) is 2.74. The SMILES string of the molecule is CCNc1nc(-c2cc(Br)cs2)ns1. The maximum atomic E-state index is 4.37. The van der Waals surface area contributed by atoms with E-state index in [1.165, 1.54) is 11.5 Å². The summed E-state index contributed by atoms with van der Waals surface area (Å²) in [6.07, 6.45) is 0. The molecule has 0 amide bonds. The molecule has 2 heterocycles. The first-order chi connectivity index (χ1) is 6.79. The Balaban J connectivity index is 2.24. The van der Waals surface area contributed by atoms with E-state index in [0.29, 0.717) is 0 Å². The summed E-state index contributed by atoms with van der Waals surface area (Å²) in [6, 6.07) is 2.03. The predicted octanol–water partition coefficient (Wildman–Crippen LogP) is 3.46. The van der Waals surface area contributed by atoms with Gasteiger partial charge in [0.2, 0.25) is 5.13 Å².